The second kappa shape index (κ2) is 9.31. The number of likely N-dealkylation sites (N-methyl/N-ethyl adjacent to an activating group) is 1. The SMILES string of the molecule is CC(C)c1nnc(C2CC3(CCN(C(=O)Cc4ccsc4)CC3)CN2CC(=O)N(C)C)o1. The van der Waals surface area contributed by atoms with Crippen LogP contribution in [-0.4, -0.2) is 77.0 Å². The van der Waals surface area contributed by atoms with Crippen LogP contribution in [0.25, 0.3) is 0 Å². The summed E-state index contributed by atoms with van der Waals surface area (Å²) >= 11 is 1.62. The summed E-state index contributed by atoms with van der Waals surface area (Å²) in [5, 5.41) is 12.6. The van der Waals surface area contributed by atoms with E-state index in [1.54, 1.807) is 30.3 Å². The molecule has 2 aliphatic rings. The summed E-state index contributed by atoms with van der Waals surface area (Å²) in [7, 11) is 3.56. The van der Waals surface area contributed by atoms with Gasteiger partial charge in [-0.2, -0.15) is 11.3 Å². The minimum atomic E-state index is -0.0630. The molecule has 1 unspecified atom stereocenters. The van der Waals surface area contributed by atoms with Crippen LogP contribution in [0.3, 0.4) is 0 Å². The highest BCUT2D eigenvalue weighted by Crippen LogP contribution is 2.48. The summed E-state index contributed by atoms with van der Waals surface area (Å²) in [5.41, 5.74) is 1.15. The van der Waals surface area contributed by atoms with Gasteiger partial charge >= 0.3 is 0 Å². The van der Waals surface area contributed by atoms with Gasteiger partial charge in [0, 0.05) is 39.6 Å². The van der Waals surface area contributed by atoms with Crippen LogP contribution < -0.4 is 0 Å². The molecular weight excluding hydrogens is 426 g/mol. The van der Waals surface area contributed by atoms with E-state index in [0.29, 0.717) is 24.7 Å². The van der Waals surface area contributed by atoms with E-state index < -0.39 is 0 Å². The Morgan fingerprint density at radius 2 is 2.03 bits per heavy atom. The van der Waals surface area contributed by atoms with Crippen LogP contribution >= 0.6 is 11.3 Å². The fourth-order valence-corrected chi connectivity index (χ4v) is 5.43. The van der Waals surface area contributed by atoms with Gasteiger partial charge in [-0.25, -0.2) is 0 Å². The third kappa shape index (κ3) is 4.88. The molecular formula is C23H33N5O3S. The summed E-state index contributed by atoms with van der Waals surface area (Å²) in [6.07, 6.45) is 3.20. The number of hydrogen-bond acceptors (Lipinski definition) is 7. The van der Waals surface area contributed by atoms with Crippen molar-refractivity contribution in [3.63, 3.8) is 0 Å². The number of thiophene rings is 1. The number of hydrogen-bond donors (Lipinski definition) is 0. The predicted molar refractivity (Wildman–Crippen MR) is 122 cm³/mol. The Morgan fingerprint density at radius 1 is 1.28 bits per heavy atom. The third-order valence-corrected chi connectivity index (χ3v) is 7.52. The van der Waals surface area contributed by atoms with E-state index in [-0.39, 0.29) is 29.2 Å². The smallest absolute Gasteiger partial charge is 0.236 e. The van der Waals surface area contributed by atoms with Crippen molar-refractivity contribution in [1.82, 2.24) is 24.9 Å². The predicted octanol–water partition coefficient (Wildman–Crippen LogP) is 2.94. The van der Waals surface area contributed by atoms with Crippen molar-refractivity contribution < 1.29 is 14.0 Å². The Hall–Kier alpha value is -2.26. The van der Waals surface area contributed by atoms with E-state index in [2.05, 4.69) is 15.1 Å². The van der Waals surface area contributed by atoms with Crippen molar-refractivity contribution in [1.29, 1.82) is 0 Å². The molecule has 2 aliphatic heterocycles. The van der Waals surface area contributed by atoms with E-state index >= 15 is 0 Å². The molecule has 2 saturated heterocycles. The fourth-order valence-electron chi connectivity index (χ4n) is 4.76. The molecule has 174 valence electrons. The van der Waals surface area contributed by atoms with Crippen molar-refractivity contribution in [2.75, 3.05) is 40.3 Å². The average Bonchev–Trinajstić information content (AvgIpc) is 3.49. The highest BCUT2D eigenvalue weighted by Gasteiger charge is 2.48. The number of rotatable bonds is 6. The molecule has 0 saturated carbocycles. The Kier molecular flexibility index (Phi) is 6.67. The molecule has 0 aliphatic carbocycles. The molecule has 2 aromatic heterocycles. The number of nitrogens with zero attached hydrogens (tertiary/aromatic N) is 5. The Morgan fingerprint density at radius 3 is 2.62 bits per heavy atom. The van der Waals surface area contributed by atoms with Crippen LogP contribution in [0.5, 0.6) is 0 Å². The Bertz CT molecular complexity index is 931. The summed E-state index contributed by atoms with van der Waals surface area (Å²) in [6.45, 7) is 6.72. The lowest BCUT2D eigenvalue weighted by Crippen LogP contribution is -2.45. The molecule has 4 heterocycles. The monoisotopic (exact) mass is 459 g/mol. The maximum absolute atomic E-state index is 12.7. The topological polar surface area (TPSA) is 82.8 Å². The molecule has 0 radical (unpaired) electrons. The number of piperidine rings is 1. The highest BCUT2D eigenvalue weighted by atomic mass is 32.1. The van der Waals surface area contributed by atoms with Crippen molar-refractivity contribution in [3.8, 4) is 0 Å². The molecule has 2 amide bonds. The lowest BCUT2D eigenvalue weighted by molar-refractivity contribution is -0.132. The van der Waals surface area contributed by atoms with Crippen molar-refractivity contribution in [2.45, 2.75) is 51.5 Å². The number of carbonyl (C=O) groups is 2. The van der Waals surface area contributed by atoms with Gasteiger partial charge < -0.3 is 14.2 Å². The third-order valence-electron chi connectivity index (χ3n) is 6.79. The second-order valence-corrected chi connectivity index (χ2v) is 10.5. The zero-order valence-electron chi connectivity index (χ0n) is 19.4. The van der Waals surface area contributed by atoms with Crippen molar-refractivity contribution in [2.24, 2.45) is 5.41 Å². The van der Waals surface area contributed by atoms with Crippen molar-refractivity contribution in [3.05, 3.63) is 34.2 Å². The van der Waals surface area contributed by atoms with Crippen LogP contribution in [0.2, 0.25) is 0 Å². The van der Waals surface area contributed by atoms with Gasteiger partial charge in [0.15, 0.2) is 0 Å². The lowest BCUT2D eigenvalue weighted by atomic mass is 9.76. The minimum Gasteiger partial charge on any atom is -0.423 e. The molecule has 0 N–H and O–H groups in total. The van der Waals surface area contributed by atoms with Crippen LogP contribution in [0.1, 0.15) is 62.4 Å². The molecule has 2 aromatic rings. The van der Waals surface area contributed by atoms with Gasteiger partial charge in [0.2, 0.25) is 23.6 Å². The molecule has 8 nitrogen and oxygen atoms in total. The normalized spacial score (nSPS) is 20.9. The van der Waals surface area contributed by atoms with Gasteiger partial charge in [-0.1, -0.05) is 13.8 Å². The van der Waals surface area contributed by atoms with Crippen molar-refractivity contribution >= 4 is 23.2 Å². The van der Waals surface area contributed by atoms with Crippen LogP contribution in [0, 0.1) is 5.41 Å². The highest BCUT2D eigenvalue weighted by molar-refractivity contribution is 7.08. The fraction of sp³-hybridized carbons (Fsp3) is 0.652. The summed E-state index contributed by atoms with van der Waals surface area (Å²) in [4.78, 5) is 31.1. The first-order valence-electron chi connectivity index (χ1n) is 11.3. The maximum Gasteiger partial charge on any atom is 0.236 e. The first-order chi connectivity index (χ1) is 15.3. The Balaban J connectivity index is 1.46. The first kappa shape index (κ1) is 22.9. The van der Waals surface area contributed by atoms with Crippen LogP contribution in [0.15, 0.2) is 21.2 Å². The lowest BCUT2D eigenvalue weighted by Gasteiger charge is -2.39. The largest absolute Gasteiger partial charge is 0.423 e. The standard InChI is InChI=1S/C23H33N5O3S/c1-16(2)21-24-25-22(31-21)18-12-23(15-28(18)13-20(30)26(3)4)6-8-27(9-7-23)19(29)11-17-5-10-32-14-17/h5,10,14,16,18H,6-9,11-13,15H2,1-4H3. The van der Waals surface area contributed by atoms with E-state index in [1.165, 1.54) is 0 Å². The average molecular weight is 460 g/mol. The quantitative estimate of drug-likeness (QED) is 0.661. The number of aromatic nitrogens is 2. The van der Waals surface area contributed by atoms with Gasteiger partial charge in [-0.05, 0) is 47.1 Å². The van der Waals surface area contributed by atoms with Gasteiger partial charge in [-0.3, -0.25) is 14.5 Å². The molecule has 4 rings (SSSR count). The molecule has 2 fully saturated rings. The number of likely N-dealkylation sites (tertiary alicyclic amines) is 2. The molecule has 1 atom stereocenters. The summed E-state index contributed by atoms with van der Waals surface area (Å²) < 4.78 is 6.00. The zero-order chi connectivity index (χ0) is 22.9. The number of carbonyl (C=O) groups excluding carboxylic acids is 2. The summed E-state index contributed by atoms with van der Waals surface area (Å²) in [5.74, 6) is 1.67. The van der Waals surface area contributed by atoms with Crippen LogP contribution in [-0.2, 0) is 16.0 Å². The molecule has 0 bridgehead atoms. The van der Waals surface area contributed by atoms with Gasteiger partial charge in [-0.15, -0.1) is 10.2 Å². The van der Waals surface area contributed by atoms with Crippen LogP contribution in [0.4, 0.5) is 0 Å². The van der Waals surface area contributed by atoms with E-state index in [0.717, 1.165) is 44.5 Å². The maximum atomic E-state index is 12.7. The minimum absolute atomic E-state index is 0.0584. The second-order valence-electron chi connectivity index (χ2n) is 9.74. The van der Waals surface area contributed by atoms with E-state index in [1.807, 2.05) is 35.6 Å². The molecule has 1 spiro atoms. The molecule has 9 heteroatoms. The van der Waals surface area contributed by atoms with E-state index in [4.69, 9.17) is 4.42 Å². The molecule has 32 heavy (non-hydrogen) atoms. The van der Waals surface area contributed by atoms with E-state index in [9.17, 15) is 9.59 Å². The zero-order valence-corrected chi connectivity index (χ0v) is 20.2. The first-order valence-corrected chi connectivity index (χ1v) is 12.3. The molecule has 0 aromatic carbocycles. The summed E-state index contributed by atoms with van der Waals surface area (Å²) in [6, 6.07) is 1.96. The van der Waals surface area contributed by atoms with Gasteiger partial charge in [0.05, 0.1) is 19.0 Å². The number of amides is 2. The van der Waals surface area contributed by atoms with Gasteiger partial charge in [0.25, 0.3) is 0 Å². The Labute approximate surface area is 193 Å². The van der Waals surface area contributed by atoms with Gasteiger partial charge in [0.1, 0.15) is 0 Å².